The second-order valence-electron chi connectivity index (χ2n) is 12.4. The predicted molar refractivity (Wildman–Crippen MR) is 169 cm³/mol. The highest BCUT2D eigenvalue weighted by Gasteiger charge is 2.42. The van der Waals surface area contributed by atoms with Crippen LogP contribution in [-0.2, 0) is 12.8 Å². The fourth-order valence-electron chi connectivity index (χ4n) is 5.75. The average molecular weight is 561 g/mol. The third kappa shape index (κ3) is 9.02. The van der Waals surface area contributed by atoms with Gasteiger partial charge >= 0.3 is 0 Å². The molecule has 0 unspecified atom stereocenters. The van der Waals surface area contributed by atoms with E-state index in [4.69, 9.17) is 0 Å². The van der Waals surface area contributed by atoms with Gasteiger partial charge in [0.25, 0.3) is 0 Å². The normalized spacial score (nSPS) is 19.0. The summed E-state index contributed by atoms with van der Waals surface area (Å²) in [6.07, 6.45) is 14.9. The van der Waals surface area contributed by atoms with Crippen LogP contribution in [0.25, 0.3) is 0 Å². The fraction of sp³-hybridized carbons (Fsp3) is 0.444. The van der Waals surface area contributed by atoms with E-state index in [1.807, 2.05) is 6.07 Å². The Labute approximate surface area is 247 Å². The minimum atomic E-state index is -0.133. The van der Waals surface area contributed by atoms with Crippen LogP contribution >= 0.6 is 0 Å². The highest BCUT2D eigenvalue weighted by molar-refractivity contribution is 5.48. The number of benzene rings is 2. The van der Waals surface area contributed by atoms with Gasteiger partial charge in [0, 0.05) is 18.4 Å². The molecule has 0 saturated heterocycles. The first kappa shape index (κ1) is 32.1. The van der Waals surface area contributed by atoms with Gasteiger partial charge in [0.1, 0.15) is 6.04 Å². The molecule has 5 heteroatoms. The van der Waals surface area contributed by atoms with E-state index in [9.17, 15) is 20.4 Å². The van der Waals surface area contributed by atoms with Crippen molar-refractivity contribution in [3.8, 4) is 23.0 Å². The van der Waals surface area contributed by atoms with Crippen LogP contribution in [0.4, 0.5) is 0 Å². The average Bonchev–Trinajstić information content (AvgIpc) is 2.90. The maximum atomic E-state index is 10.6. The van der Waals surface area contributed by atoms with E-state index in [2.05, 4.69) is 65.8 Å². The molecule has 2 aromatic rings. The van der Waals surface area contributed by atoms with E-state index >= 15 is 0 Å². The first-order valence-corrected chi connectivity index (χ1v) is 14.9. The molecule has 0 radical (unpaired) electrons. The lowest BCUT2D eigenvalue weighted by molar-refractivity contribution is -0.949. The molecule has 41 heavy (non-hydrogen) atoms. The van der Waals surface area contributed by atoms with Crippen LogP contribution in [0.15, 0.2) is 76.9 Å². The topological polar surface area (TPSA) is 80.9 Å². The molecule has 0 aliphatic carbocycles. The minimum Gasteiger partial charge on any atom is -0.504 e. The number of hydrogen-bond acceptors (Lipinski definition) is 4. The smallest absolute Gasteiger partial charge is 0.157 e. The Balaban J connectivity index is 2.07. The van der Waals surface area contributed by atoms with Crippen molar-refractivity contribution >= 4 is 0 Å². The lowest BCUT2D eigenvalue weighted by Gasteiger charge is -2.48. The summed E-state index contributed by atoms with van der Waals surface area (Å²) < 4.78 is 0.777. The summed E-state index contributed by atoms with van der Waals surface area (Å²) in [5.74, 6) is -0.458. The minimum absolute atomic E-state index is 0.0159. The second kappa shape index (κ2) is 14.5. The van der Waals surface area contributed by atoms with Crippen LogP contribution in [0.3, 0.4) is 0 Å². The highest BCUT2D eigenvalue weighted by atomic mass is 16.3. The lowest BCUT2D eigenvalue weighted by Crippen LogP contribution is -2.55. The molecule has 222 valence electrons. The number of quaternary nitrogens is 1. The SMILES string of the molecule is CC(C)=CCC/C(C)=C/C[N+]1(C/C=C(\C)CCC=C(C)C)CCc2cc(O)c(O)cc2[C@H]1Cc1ccc(O)c(O)c1. The lowest BCUT2D eigenvalue weighted by atomic mass is 9.85. The van der Waals surface area contributed by atoms with Crippen molar-refractivity contribution in [3.05, 3.63) is 93.6 Å². The quantitative estimate of drug-likeness (QED) is 0.119. The number of allylic oxidation sites excluding steroid dienone is 6. The highest BCUT2D eigenvalue weighted by Crippen LogP contribution is 2.43. The predicted octanol–water partition coefficient (Wildman–Crippen LogP) is 8.55. The molecule has 1 heterocycles. The van der Waals surface area contributed by atoms with Crippen molar-refractivity contribution in [2.24, 2.45) is 0 Å². The van der Waals surface area contributed by atoms with Crippen molar-refractivity contribution in [1.82, 2.24) is 0 Å². The molecule has 0 bridgehead atoms. The van der Waals surface area contributed by atoms with Gasteiger partial charge < -0.3 is 24.9 Å². The molecule has 4 N–H and O–H groups in total. The second-order valence-corrected chi connectivity index (χ2v) is 12.4. The Morgan fingerprint density at radius 2 is 1.24 bits per heavy atom. The molecule has 1 atom stereocenters. The maximum absolute atomic E-state index is 10.6. The third-order valence-corrected chi connectivity index (χ3v) is 8.34. The Morgan fingerprint density at radius 1 is 0.707 bits per heavy atom. The van der Waals surface area contributed by atoms with Gasteiger partial charge in [-0.2, -0.15) is 0 Å². The van der Waals surface area contributed by atoms with Crippen LogP contribution in [0, 0.1) is 0 Å². The van der Waals surface area contributed by atoms with E-state index in [0.717, 1.165) is 72.9 Å². The van der Waals surface area contributed by atoms with E-state index in [0.29, 0.717) is 6.42 Å². The monoisotopic (exact) mass is 560 g/mol. The zero-order valence-electron chi connectivity index (χ0n) is 25.9. The van der Waals surface area contributed by atoms with Crippen molar-refractivity contribution in [1.29, 1.82) is 0 Å². The molecule has 0 amide bonds. The van der Waals surface area contributed by atoms with Crippen molar-refractivity contribution in [2.45, 2.75) is 86.1 Å². The van der Waals surface area contributed by atoms with Crippen molar-refractivity contribution in [2.75, 3.05) is 19.6 Å². The Hall–Kier alpha value is -3.44. The Kier molecular flexibility index (Phi) is 11.3. The van der Waals surface area contributed by atoms with Gasteiger partial charge in [-0.1, -0.05) is 40.5 Å². The molecule has 0 fully saturated rings. The number of nitrogens with zero attached hydrogens (tertiary/aromatic N) is 1. The van der Waals surface area contributed by atoms with Gasteiger partial charge in [0.05, 0.1) is 19.6 Å². The maximum Gasteiger partial charge on any atom is 0.157 e. The number of hydrogen-bond donors (Lipinski definition) is 4. The number of fused-ring (bicyclic) bond motifs is 1. The summed E-state index contributed by atoms with van der Waals surface area (Å²) in [7, 11) is 0. The molecule has 5 nitrogen and oxygen atoms in total. The van der Waals surface area contributed by atoms with Gasteiger partial charge in [-0.05, 0) is 115 Å². The molecule has 2 aromatic carbocycles. The summed E-state index contributed by atoms with van der Waals surface area (Å²) in [5.41, 5.74) is 8.41. The molecule has 0 saturated carbocycles. The van der Waals surface area contributed by atoms with Crippen molar-refractivity contribution < 1.29 is 24.9 Å². The first-order valence-electron chi connectivity index (χ1n) is 14.9. The number of phenolic OH excluding ortho intramolecular Hbond substituents is 4. The Morgan fingerprint density at radius 3 is 1.78 bits per heavy atom. The van der Waals surface area contributed by atoms with Crippen LogP contribution in [-0.4, -0.2) is 44.5 Å². The summed E-state index contributed by atoms with van der Waals surface area (Å²) in [5, 5.41) is 41.1. The summed E-state index contributed by atoms with van der Waals surface area (Å²) in [6, 6.07) is 8.47. The molecular formula is C36H50NO4+. The molecule has 0 spiro atoms. The van der Waals surface area contributed by atoms with Gasteiger partial charge in [-0.15, -0.1) is 0 Å². The number of aromatic hydroxyl groups is 4. The number of rotatable bonds is 12. The molecule has 3 rings (SSSR count). The standard InChI is InChI=1S/C36H49NO4/c1-25(2)9-7-11-27(5)15-18-37(19-16-28(6)12-8-10-26(3)4)20-17-30-23-35(40)36(41)24-31(30)32(37)21-29-13-14-33(38)34(39)22-29/h9-10,13-16,22-24,32H,7-8,11-12,17-21H2,1-6H3,(H3-,38,39,40,41)/p+1/b27-15+,28-16+/t32-/m1/s1. The van der Waals surface area contributed by atoms with Gasteiger partial charge in [-0.3, -0.25) is 0 Å². The fourth-order valence-corrected chi connectivity index (χ4v) is 5.75. The van der Waals surface area contributed by atoms with E-state index in [1.165, 1.54) is 28.4 Å². The third-order valence-electron chi connectivity index (χ3n) is 8.34. The van der Waals surface area contributed by atoms with Crippen LogP contribution < -0.4 is 0 Å². The van der Waals surface area contributed by atoms with Crippen molar-refractivity contribution in [3.63, 3.8) is 0 Å². The van der Waals surface area contributed by atoms with Gasteiger partial charge in [-0.25, -0.2) is 0 Å². The number of phenols is 4. The molecular weight excluding hydrogens is 510 g/mol. The Bertz CT molecular complexity index is 1280. The van der Waals surface area contributed by atoms with Gasteiger partial charge in [0.2, 0.25) is 0 Å². The summed E-state index contributed by atoms with van der Waals surface area (Å²) in [6.45, 7) is 15.5. The molecule has 0 aromatic heterocycles. The summed E-state index contributed by atoms with van der Waals surface area (Å²) >= 11 is 0. The largest absolute Gasteiger partial charge is 0.504 e. The zero-order valence-corrected chi connectivity index (χ0v) is 25.9. The molecule has 1 aliphatic rings. The van der Waals surface area contributed by atoms with E-state index < -0.39 is 0 Å². The first-order chi connectivity index (χ1) is 19.4. The molecule has 1 aliphatic heterocycles. The summed E-state index contributed by atoms with van der Waals surface area (Å²) in [4.78, 5) is 0. The zero-order chi connectivity index (χ0) is 30.2. The van der Waals surface area contributed by atoms with E-state index in [-0.39, 0.29) is 29.0 Å². The van der Waals surface area contributed by atoms with Crippen LogP contribution in [0.1, 0.15) is 90.0 Å². The van der Waals surface area contributed by atoms with E-state index in [1.54, 1.807) is 18.2 Å². The van der Waals surface area contributed by atoms with Gasteiger partial charge in [0.15, 0.2) is 23.0 Å². The van der Waals surface area contributed by atoms with Crippen LogP contribution in [0.2, 0.25) is 0 Å². The van der Waals surface area contributed by atoms with Crippen LogP contribution in [0.5, 0.6) is 23.0 Å².